The molecule has 12 heavy (non-hydrogen) atoms. The minimum atomic E-state index is -1.39. The van der Waals surface area contributed by atoms with Gasteiger partial charge in [-0.2, -0.15) is 0 Å². The number of rotatable bonds is 4. The van der Waals surface area contributed by atoms with E-state index in [0.29, 0.717) is 5.41 Å². The number of hydrogen-bond acceptors (Lipinski definition) is 2. The molecule has 3 heteroatoms. The average Bonchev–Trinajstić information content (AvgIpc) is 2.15. The Hall–Kier alpha value is -0.153. The Kier molecular flexibility index (Phi) is 4.54. The van der Waals surface area contributed by atoms with Crippen LogP contribution in [0, 0.1) is 0 Å². The smallest absolute Gasteiger partial charge is 0.249 e. The summed E-state index contributed by atoms with van der Waals surface area (Å²) in [6, 6.07) is 1.09. The lowest BCUT2D eigenvalue weighted by molar-refractivity contribution is -0.113. The molecule has 0 aliphatic carbocycles. The van der Waals surface area contributed by atoms with Gasteiger partial charge in [-0.3, -0.25) is 0 Å². The fraction of sp³-hybridized carbons (Fsp3) is 0.889. The first kappa shape index (κ1) is 9.93. The van der Waals surface area contributed by atoms with Crippen LogP contribution in [0.5, 0.6) is 0 Å². The molecule has 0 aromatic carbocycles. The van der Waals surface area contributed by atoms with E-state index >= 15 is 0 Å². The topological polar surface area (TPSA) is 26.3 Å². The van der Waals surface area contributed by atoms with Crippen LogP contribution in [0.25, 0.3) is 0 Å². The molecule has 1 heterocycles. The predicted molar refractivity (Wildman–Crippen MR) is 51.7 cm³/mol. The Morgan fingerprint density at radius 1 is 1.50 bits per heavy atom. The quantitative estimate of drug-likeness (QED) is 0.626. The van der Waals surface area contributed by atoms with Crippen LogP contribution >= 0.6 is 0 Å². The Morgan fingerprint density at radius 2 is 2.33 bits per heavy atom. The minimum absolute atomic E-state index is 0.455. The van der Waals surface area contributed by atoms with Crippen molar-refractivity contribution in [1.29, 1.82) is 0 Å². The Bertz CT molecular complexity index is 141. The van der Waals surface area contributed by atoms with Gasteiger partial charge in [0.1, 0.15) is 5.41 Å². The van der Waals surface area contributed by atoms with E-state index in [1.54, 1.807) is 0 Å². The van der Waals surface area contributed by atoms with Gasteiger partial charge in [0.25, 0.3) is 0 Å². The Morgan fingerprint density at radius 3 is 2.92 bits per heavy atom. The predicted octanol–water partition coefficient (Wildman–Crippen LogP) is 1.82. The Labute approximate surface area is 76.0 Å². The summed E-state index contributed by atoms with van der Waals surface area (Å²) in [4.78, 5) is 11.5. The van der Waals surface area contributed by atoms with Gasteiger partial charge in [0.05, 0.1) is 0 Å². The van der Waals surface area contributed by atoms with Crippen molar-refractivity contribution < 1.29 is 9.22 Å². The maximum Gasteiger partial charge on any atom is 0.249 e. The van der Waals surface area contributed by atoms with Gasteiger partial charge in [0.2, 0.25) is 9.04 Å². The summed E-state index contributed by atoms with van der Waals surface area (Å²) in [5, 5.41) is 0.455. The minimum Gasteiger partial charge on any atom is -0.412 e. The Balaban J connectivity index is 2.20. The maximum absolute atomic E-state index is 11.5. The van der Waals surface area contributed by atoms with Gasteiger partial charge in [-0.05, 0) is 18.9 Å². The number of carbonyl (C=O) groups excluding carboxylic acids is 1. The van der Waals surface area contributed by atoms with E-state index in [2.05, 4.69) is 6.92 Å². The first-order chi connectivity index (χ1) is 5.84. The fourth-order valence-corrected chi connectivity index (χ4v) is 3.82. The summed E-state index contributed by atoms with van der Waals surface area (Å²) >= 11 is 0. The maximum atomic E-state index is 11.5. The molecule has 1 aliphatic rings. The van der Waals surface area contributed by atoms with Crippen molar-refractivity contribution >= 4 is 14.4 Å². The fourth-order valence-electron chi connectivity index (χ4n) is 1.51. The standard InChI is InChI=1S/C9H18O2Si/c1-2-3-6-9(10)12-8-5-4-7-11-12/h12H,2-8H2,1H3. The summed E-state index contributed by atoms with van der Waals surface area (Å²) in [6.07, 6.45) is 5.31. The molecule has 0 aromatic heterocycles. The zero-order valence-electron chi connectivity index (χ0n) is 7.84. The summed E-state index contributed by atoms with van der Waals surface area (Å²) in [5.41, 5.74) is 0. The molecular weight excluding hydrogens is 168 g/mol. The van der Waals surface area contributed by atoms with Gasteiger partial charge in [-0.1, -0.05) is 19.8 Å². The van der Waals surface area contributed by atoms with Crippen LogP contribution in [0.15, 0.2) is 0 Å². The second-order valence-corrected chi connectivity index (χ2v) is 5.96. The molecule has 1 rings (SSSR count). The molecule has 1 fully saturated rings. The molecular formula is C9H18O2Si. The van der Waals surface area contributed by atoms with Crippen LogP contribution in [0.4, 0.5) is 0 Å². The third-order valence-corrected chi connectivity index (χ3v) is 4.89. The molecule has 1 atom stereocenters. The van der Waals surface area contributed by atoms with Gasteiger partial charge in [0.15, 0.2) is 0 Å². The molecule has 0 amide bonds. The van der Waals surface area contributed by atoms with Crippen molar-refractivity contribution in [2.24, 2.45) is 0 Å². The molecule has 70 valence electrons. The molecule has 1 aliphatic heterocycles. The highest BCUT2D eigenvalue weighted by atomic mass is 28.3. The monoisotopic (exact) mass is 186 g/mol. The molecule has 0 N–H and O–H groups in total. The molecule has 0 saturated carbocycles. The average molecular weight is 186 g/mol. The van der Waals surface area contributed by atoms with Gasteiger partial charge in [-0.25, -0.2) is 0 Å². The highest BCUT2D eigenvalue weighted by molar-refractivity contribution is 6.85. The van der Waals surface area contributed by atoms with Crippen LogP contribution in [-0.4, -0.2) is 21.1 Å². The lowest BCUT2D eigenvalue weighted by Crippen LogP contribution is -2.32. The van der Waals surface area contributed by atoms with E-state index in [0.717, 1.165) is 38.3 Å². The highest BCUT2D eigenvalue weighted by Gasteiger charge is 2.23. The molecule has 0 radical (unpaired) electrons. The number of carbonyl (C=O) groups is 1. The van der Waals surface area contributed by atoms with Crippen molar-refractivity contribution in [1.82, 2.24) is 0 Å². The van der Waals surface area contributed by atoms with Crippen LogP contribution in [0.1, 0.15) is 39.0 Å². The zero-order chi connectivity index (χ0) is 8.81. The van der Waals surface area contributed by atoms with Crippen LogP contribution in [-0.2, 0) is 9.22 Å². The number of unbranched alkanes of at least 4 members (excludes halogenated alkanes) is 1. The van der Waals surface area contributed by atoms with Crippen molar-refractivity contribution in [3.8, 4) is 0 Å². The van der Waals surface area contributed by atoms with E-state index < -0.39 is 9.04 Å². The van der Waals surface area contributed by atoms with E-state index in [4.69, 9.17) is 4.43 Å². The first-order valence-electron chi connectivity index (χ1n) is 4.99. The zero-order valence-corrected chi connectivity index (χ0v) is 9.00. The molecule has 1 unspecified atom stereocenters. The third-order valence-electron chi connectivity index (χ3n) is 2.32. The van der Waals surface area contributed by atoms with Gasteiger partial charge < -0.3 is 9.22 Å². The number of hydrogen-bond donors (Lipinski definition) is 0. The van der Waals surface area contributed by atoms with Crippen molar-refractivity contribution in [2.45, 2.75) is 45.1 Å². The SMILES string of the molecule is CCCCC(=O)[SiH]1CCCCO1. The summed E-state index contributed by atoms with van der Waals surface area (Å²) in [7, 11) is -1.39. The van der Waals surface area contributed by atoms with Crippen molar-refractivity contribution in [3.63, 3.8) is 0 Å². The molecule has 0 bridgehead atoms. The van der Waals surface area contributed by atoms with E-state index in [-0.39, 0.29) is 0 Å². The van der Waals surface area contributed by atoms with Crippen LogP contribution in [0.3, 0.4) is 0 Å². The summed E-state index contributed by atoms with van der Waals surface area (Å²) < 4.78 is 5.53. The van der Waals surface area contributed by atoms with Crippen molar-refractivity contribution in [2.75, 3.05) is 6.61 Å². The summed E-state index contributed by atoms with van der Waals surface area (Å²) in [5.74, 6) is 0. The van der Waals surface area contributed by atoms with E-state index in [1.807, 2.05) is 0 Å². The third kappa shape index (κ3) is 3.07. The molecule has 2 nitrogen and oxygen atoms in total. The molecule has 0 spiro atoms. The summed E-state index contributed by atoms with van der Waals surface area (Å²) in [6.45, 7) is 2.96. The molecule has 0 aromatic rings. The van der Waals surface area contributed by atoms with Crippen LogP contribution < -0.4 is 0 Å². The normalized spacial score (nSPS) is 23.9. The molecule has 1 saturated heterocycles. The van der Waals surface area contributed by atoms with Gasteiger partial charge in [-0.15, -0.1) is 0 Å². The van der Waals surface area contributed by atoms with Gasteiger partial charge in [0, 0.05) is 13.0 Å². The van der Waals surface area contributed by atoms with Crippen molar-refractivity contribution in [3.05, 3.63) is 0 Å². The lowest BCUT2D eigenvalue weighted by atomic mass is 10.3. The lowest BCUT2D eigenvalue weighted by Gasteiger charge is -2.19. The van der Waals surface area contributed by atoms with E-state index in [9.17, 15) is 4.79 Å². The second kappa shape index (κ2) is 5.49. The highest BCUT2D eigenvalue weighted by Crippen LogP contribution is 2.13. The van der Waals surface area contributed by atoms with Crippen LogP contribution in [0.2, 0.25) is 6.04 Å². The first-order valence-corrected chi connectivity index (χ1v) is 6.85. The second-order valence-electron chi connectivity index (χ2n) is 3.43. The van der Waals surface area contributed by atoms with E-state index in [1.165, 1.54) is 6.42 Å². The van der Waals surface area contributed by atoms with Gasteiger partial charge >= 0.3 is 0 Å². The largest absolute Gasteiger partial charge is 0.412 e.